The molecular formula is C9H14NO4P. The first-order valence-electron chi connectivity index (χ1n) is 4.81. The van der Waals surface area contributed by atoms with E-state index in [0.717, 1.165) is 4.90 Å². The standard InChI is InChI=1S/C9H14NO4P/c11-5-1-6-15(14)7-4-10-8(12)2-3-9(10)13/h2-3,11,15H,1,4-7H2. The van der Waals surface area contributed by atoms with Gasteiger partial charge in [0.2, 0.25) is 0 Å². The highest BCUT2D eigenvalue weighted by Gasteiger charge is 2.22. The molecule has 1 rings (SSSR count). The predicted octanol–water partition coefficient (Wildman–Crippen LogP) is -0.147. The normalized spacial score (nSPS) is 17.5. The van der Waals surface area contributed by atoms with Crippen molar-refractivity contribution >= 4 is 19.6 Å². The van der Waals surface area contributed by atoms with Crippen molar-refractivity contribution in [2.45, 2.75) is 6.42 Å². The third-order valence-electron chi connectivity index (χ3n) is 2.13. The van der Waals surface area contributed by atoms with Crippen LogP contribution in [0, 0.1) is 0 Å². The van der Waals surface area contributed by atoms with E-state index in [2.05, 4.69) is 0 Å². The highest BCUT2D eigenvalue weighted by molar-refractivity contribution is 7.44. The van der Waals surface area contributed by atoms with Crippen LogP contribution >= 0.6 is 7.80 Å². The molecule has 0 aromatic carbocycles. The number of rotatable bonds is 6. The lowest BCUT2D eigenvalue weighted by Gasteiger charge is -2.12. The van der Waals surface area contributed by atoms with Crippen molar-refractivity contribution in [2.24, 2.45) is 0 Å². The molecule has 1 N–H and O–H groups in total. The second-order valence-electron chi connectivity index (χ2n) is 3.28. The Morgan fingerprint density at radius 3 is 2.33 bits per heavy atom. The quantitative estimate of drug-likeness (QED) is 0.509. The lowest BCUT2D eigenvalue weighted by Crippen LogP contribution is -2.32. The van der Waals surface area contributed by atoms with E-state index in [9.17, 15) is 14.2 Å². The summed E-state index contributed by atoms with van der Waals surface area (Å²) in [6, 6.07) is 0. The second-order valence-corrected chi connectivity index (χ2v) is 5.35. The van der Waals surface area contributed by atoms with Crippen molar-refractivity contribution in [2.75, 3.05) is 25.5 Å². The predicted molar refractivity (Wildman–Crippen MR) is 56.3 cm³/mol. The summed E-state index contributed by atoms with van der Waals surface area (Å²) in [7, 11) is -1.77. The van der Waals surface area contributed by atoms with E-state index in [1.165, 1.54) is 12.2 Å². The molecule has 1 heterocycles. The van der Waals surface area contributed by atoms with Gasteiger partial charge in [-0.3, -0.25) is 14.5 Å². The average Bonchev–Trinajstić information content (AvgIpc) is 2.53. The minimum Gasteiger partial charge on any atom is -0.396 e. The molecular weight excluding hydrogens is 217 g/mol. The third-order valence-corrected chi connectivity index (χ3v) is 3.82. The van der Waals surface area contributed by atoms with E-state index in [4.69, 9.17) is 5.11 Å². The monoisotopic (exact) mass is 231 g/mol. The number of carbonyl (C=O) groups excluding carboxylic acids is 2. The molecule has 0 saturated heterocycles. The molecule has 0 spiro atoms. The van der Waals surface area contributed by atoms with Crippen molar-refractivity contribution in [3.8, 4) is 0 Å². The Bertz CT molecular complexity index is 295. The molecule has 0 saturated carbocycles. The number of hydrogen-bond donors (Lipinski definition) is 1. The number of nitrogens with zero attached hydrogens (tertiary/aromatic N) is 1. The van der Waals surface area contributed by atoms with Gasteiger partial charge in [0.25, 0.3) is 11.8 Å². The number of amides is 2. The molecule has 84 valence electrons. The molecule has 5 nitrogen and oxygen atoms in total. The van der Waals surface area contributed by atoms with Crippen LogP contribution in [0.25, 0.3) is 0 Å². The molecule has 15 heavy (non-hydrogen) atoms. The van der Waals surface area contributed by atoms with Gasteiger partial charge >= 0.3 is 0 Å². The van der Waals surface area contributed by atoms with Gasteiger partial charge in [-0.05, 0) is 6.42 Å². The van der Waals surface area contributed by atoms with E-state index in [0.29, 0.717) is 18.7 Å². The largest absolute Gasteiger partial charge is 0.396 e. The van der Waals surface area contributed by atoms with Gasteiger partial charge in [0, 0.05) is 37.6 Å². The SMILES string of the molecule is O=C1C=CC(=O)N1CC[PH](=O)CCCO. The van der Waals surface area contributed by atoms with Gasteiger partial charge in [-0.15, -0.1) is 0 Å². The zero-order chi connectivity index (χ0) is 11.3. The molecule has 0 aliphatic carbocycles. The molecule has 0 bridgehead atoms. The fourth-order valence-electron chi connectivity index (χ4n) is 1.29. The van der Waals surface area contributed by atoms with Crippen molar-refractivity contribution in [3.05, 3.63) is 12.2 Å². The zero-order valence-corrected chi connectivity index (χ0v) is 9.31. The fraction of sp³-hybridized carbons (Fsp3) is 0.556. The first-order valence-corrected chi connectivity index (χ1v) is 6.63. The summed E-state index contributed by atoms with van der Waals surface area (Å²) >= 11 is 0. The summed E-state index contributed by atoms with van der Waals surface area (Å²) < 4.78 is 11.4. The number of imide groups is 1. The van der Waals surface area contributed by atoms with Gasteiger partial charge in [0.15, 0.2) is 0 Å². The summed E-state index contributed by atoms with van der Waals surface area (Å²) in [5.74, 6) is -0.672. The minimum absolute atomic E-state index is 0.0273. The van der Waals surface area contributed by atoms with Gasteiger partial charge in [0.05, 0.1) is 7.80 Å². The Kier molecular flexibility index (Phi) is 4.72. The van der Waals surface area contributed by atoms with Crippen LogP contribution in [0.15, 0.2) is 12.2 Å². The Balaban J connectivity index is 2.28. The molecule has 6 heteroatoms. The van der Waals surface area contributed by atoms with E-state index in [-0.39, 0.29) is 25.0 Å². The first-order chi connectivity index (χ1) is 7.15. The highest BCUT2D eigenvalue weighted by atomic mass is 31.1. The van der Waals surface area contributed by atoms with Crippen LogP contribution in [0.2, 0.25) is 0 Å². The van der Waals surface area contributed by atoms with E-state index in [1.807, 2.05) is 0 Å². The van der Waals surface area contributed by atoms with Crippen LogP contribution in [0.5, 0.6) is 0 Å². The van der Waals surface area contributed by atoms with E-state index < -0.39 is 7.80 Å². The summed E-state index contributed by atoms with van der Waals surface area (Å²) in [6.07, 6.45) is 3.77. The molecule has 0 fully saturated rings. The zero-order valence-electron chi connectivity index (χ0n) is 8.31. The van der Waals surface area contributed by atoms with Crippen molar-refractivity contribution < 1.29 is 19.3 Å². The molecule has 0 aromatic rings. The van der Waals surface area contributed by atoms with Gasteiger partial charge in [-0.2, -0.15) is 0 Å². The minimum atomic E-state index is -1.77. The lowest BCUT2D eigenvalue weighted by atomic mass is 10.5. The summed E-state index contributed by atoms with van der Waals surface area (Å²) in [5, 5.41) is 8.53. The first kappa shape index (κ1) is 12.1. The van der Waals surface area contributed by atoms with Crippen molar-refractivity contribution in [1.82, 2.24) is 4.90 Å². The number of hydrogen-bond acceptors (Lipinski definition) is 4. The molecule has 0 radical (unpaired) electrons. The Morgan fingerprint density at radius 1 is 1.20 bits per heavy atom. The highest BCUT2D eigenvalue weighted by Crippen LogP contribution is 2.21. The molecule has 2 amide bonds. The van der Waals surface area contributed by atoms with E-state index >= 15 is 0 Å². The summed E-state index contributed by atoms with van der Waals surface area (Å²) in [4.78, 5) is 23.3. The van der Waals surface area contributed by atoms with Crippen LogP contribution in [0.4, 0.5) is 0 Å². The summed E-state index contributed by atoms with van der Waals surface area (Å²) in [5.41, 5.74) is 0. The molecule has 1 unspecified atom stereocenters. The lowest BCUT2D eigenvalue weighted by molar-refractivity contribution is -0.136. The smallest absolute Gasteiger partial charge is 0.253 e. The molecule has 1 aliphatic heterocycles. The van der Waals surface area contributed by atoms with Crippen LogP contribution < -0.4 is 0 Å². The second kappa shape index (κ2) is 5.83. The van der Waals surface area contributed by atoms with Gasteiger partial charge in [-0.1, -0.05) is 0 Å². The van der Waals surface area contributed by atoms with Crippen LogP contribution in [0.1, 0.15) is 6.42 Å². The van der Waals surface area contributed by atoms with Gasteiger partial charge in [-0.25, -0.2) is 0 Å². The summed E-state index contributed by atoms with van der Waals surface area (Å²) in [6.45, 7) is 0.243. The third kappa shape index (κ3) is 3.61. The van der Waals surface area contributed by atoms with E-state index in [1.54, 1.807) is 0 Å². The molecule has 0 aromatic heterocycles. The van der Waals surface area contributed by atoms with Crippen LogP contribution in [-0.2, 0) is 14.2 Å². The maximum Gasteiger partial charge on any atom is 0.253 e. The Hall–Kier alpha value is -0.930. The maximum absolute atomic E-state index is 11.4. The van der Waals surface area contributed by atoms with Crippen molar-refractivity contribution in [1.29, 1.82) is 0 Å². The van der Waals surface area contributed by atoms with Crippen LogP contribution in [0.3, 0.4) is 0 Å². The Labute approximate surface area is 88.5 Å². The Morgan fingerprint density at radius 2 is 1.80 bits per heavy atom. The molecule has 1 aliphatic rings. The van der Waals surface area contributed by atoms with Gasteiger partial charge in [0.1, 0.15) is 0 Å². The fourth-order valence-corrected chi connectivity index (χ4v) is 2.56. The number of aliphatic hydroxyl groups excluding tert-OH is 1. The molecule has 1 atom stereocenters. The van der Waals surface area contributed by atoms with Crippen LogP contribution in [-0.4, -0.2) is 47.3 Å². The number of carbonyl (C=O) groups is 2. The topological polar surface area (TPSA) is 74.7 Å². The van der Waals surface area contributed by atoms with Crippen molar-refractivity contribution in [3.63, 3.8) is 0 Å². The van der Waals surface area contributed by atoms with Gasteiger partial charge < -0.3 is 9.67 Å². The maximum atomic E-state index is 11.4. The average molecular weight is 231 g/mol. The number of aliphatic hydroxyl groups is 1.